The molecule has 28 heavy (non-hydrogen) atoms. The number of nitrogens with zero attached hydrogens (tertiary/aromatic N) is 5. The molecule has 2 saturated heterocycles. The molecule has 2 aromatic rings. The SMILES string of the molecule is Cc1cccc(NC(=O)N2CCCC(C(=O)N3CCC(c4nn[nH]n4)C3)C2)c1. The number of likely N-dealkylation sites (tertiary alicyclic amines) is 2. The van der Waals surface area contributed by atoms with Gasteiger partial charge in [0.1, 0.15) is 0 Å². The molecule has 9 nitrogen and oxygen atoms in total. The number of benzene rings is 1. The van der Waals surface area contributed by atoms with Crippen LogP contribution in [0.4, 0.5) is 10.5 Å². The summed E-state index contributed by atoms with van der Waals surface area (Å²) in [6.45, 7) is 4.43. The lowest BCUT2D eigenvalue weighted by Gasteiger charge is -2.34. The molecule has 148 valence electrons. The third kappa shape index (κ3) is 3.97. The normalized spacial score (nSPS) is 22.3. The molecule has 4 rings (SSSR count). The van der Waals surface area contributed by atoms with E-state index in [0.717, 1.165) is 30.5 Å². The number of anilines is 1. The summed E-state index contributed by atoms with van der Waals surface area (Å²) >= 11 is 0. The van der Waals surface area contributed by atoms with E-state index < -0.39 is 0 Å². The first-order chi connectivity index (χ1) is 13.6. The molecule has 1 aromatic carbocycles. The van der Waals surface area contributed by atoms with Crippen molar-refractivity contribution in [2.24, 2.45) is 5.92 Å². The van der Waals surface area contributed by atoms with Crippen LogP contribution in [-0.4, -0.2) is 68.5 Å². The first-order valence-corrected chi connectivity index (χ1v) is 9.75. The van der Waals surface area contributed by atoms with E-state index >= 15 is 0 Å². The van der Waals surface area contributed by atoms with E-state index in [0.29, 0.717) is 32.0 Å². The van der Waals surface area contributed by atoms with Gasteiger partial charge < -0.3 is 15.1 Å². The van der Waals surface area contributed by atoms with Gasteiger partial charge in [-0.15, -0.1) is 10.2 Å². The van der Waals surface area contributed by atoms with Crippen LogP contribution in [0.15, 0.2) is 24.3 Å². The second-order valence-corrected chi connectivity index (χ2v) is 7.62. The number of aromatic amines is 1. The van der Waals surface area contributed by atoms with Crippen molar-refractivity contribution < 1.29 is 9.59 Å². The minimum Gasteiger partial charge on any atom is -0.342 e. The van der Waals surface area contributed by atoms with Crippen LogP contribution in [-0.2, 0) is 4.79 Å². The molecular formula is C19H25N7O2. The Kier molecular flexibility index (Phi) is 5.23. The minimum absolute atomic E-state index is 0.124. The molecule has 9 heteroatoms. The molecule has 2 unspecified atom stereocenters. The topological polar surface area (TPSA) is 107 Å². The molecule has 1 aromatic heterocycles. The fraction of sp³-hybridized carbons (Fsp3) is 0.526. The van der Waals surface area contributed by atoms with Crippen LogP contribution in [0.3, 0.4) is 0 Å². The summed E-state index contributed by atoms with van der Waals surface area (Å²) in [5, 5.41) is 17.1. The Bertz CT molecular complexity index is 839. The summed E-state index contributed by atoms with van der Waals surface area (Å²) in [5.41, 5.74) is 1.87. The lowest BCUT2D eigenvalue weighted by atomic mass is 9.97. The van der Waals surface area contributed by atoms with Crippen LogP contribution in [0, 0.1) is 12.8 Å². The maximum absolute atomic E-state index is 13.0. The molecule has 2 atom stereocenters. The summed E-state index contributed by atoms with van der Waals surface area (Å²) in [5.74, 6) is 0.769. The van der Waals surface area contributed by atoms with E-state index in [2.05, 4.69) is 25.9 Å². The van der Waals surface area contributed by atoms with Crippen molar-refractivity contribution in [2.45, 2.75) is 32.1 Å². The fourth-order valence-electron chi connectivity index (χ4n) is 4.06. The van der Waals surface area contributed by atoms with Gasteiger partial charge in [0.2, 0.25) is 5.91 Å². The zero-order valence-electron chi connectivity index (χ0n) is 16.0. The molecule has 3 amide bonds. The maximum Gasteiger partial charge on any atom is 0.321 e. The third-order valence-electron chi connectivity index (χ3n) is 5.55. The van der Waals surface area contributed by atoms with Crippen molar-refractivity contribution in [1.82, 2.24) is 30.4 Å². The minimum atomic E-state index is -0.152. The lowest BCUT2D eigenvalue weighted by Crippen LogP contribution is -2.47. The molecule has 3 heterocycles. The van der Waals surface area contributed by atoms with Crippen LogP contribution in [0.25, 0.3) is 0 Å². The number of carbonyl (C=O) groups excluding carboxylic acids is 2. The fourth-order valence-corrected chi connectivity index (χ4v) is 4.06. The monoisotopic (exact) mass is 383 g/mol. The predicted molar refractivity (Wildman–Crippen MR) is 103 cm³/mol. The molecule has 0 bridgehead atoms. The van der Waals surface area contributed by atoms with E-state index in [-0.39, 0.29) is 23.8 Å². The molecule has 0 saturated carbocycles. The second-order valence-electron chi connectivity index (χ2n) is 7.62. The lowest BCUT2D eigenvalue weighted by molar-refractivity contribution is -0.135. The largest absolute Gasteiger partial charge is 0.342 e. The van der Waals surface area contributed by atoms with Gasteiger partial charge in [-0.2, -0.15) is 5.21 Å². The summed E-state index contributed by atoms with van der Waals surface area (Å²) < 4.78 is 0. The number of aromatic nitrogens is 4. The third-order valence-corrected chi connectivity index (χ3v) is 5.55. The number of hydrogen-bond donors (Lipinski definition) is 2. The number of H-pyrrole nitrogens is 1. The van der Waals surface area contributed by atoms with Gasteiger partial charge in [-0.05, 0) is 43.9 Å². The number of rotatable bonds is 3. The van der Waals surface area contributed by atoms with Crippen molar-refractivity contribution in [1.29, 1.82) is 0 Å². The summed E-state index contributed by atoms with van der Waals surface area (Å²) in [4.78, 5) is 29.3. The number of urea groups is 1. The molecule has 0 spiro atoms. The van der Waals surface area contributed by atoms with Crippen LogP contribution in [0.2, 0.25) is 0 Å². The molecule has 2 N–H and O–H groups in total. The van der Waals surface area contributed by atoms with Gasteiger partial charge in [-0.1, -0.05) is 17.3 Å². The van der Waals surface area contributed by atoms with Gasteiger partial charge in [-0.25, -0.2) is 4.79 Å². The summed E-state index contributed by atoms with van der Waals surface area (Å²) in [6, 6.07) is 7.57. The first kappa shape index (κ1) is 18.4. The second kappa shape index (κ2) is 7.95. The Hall–Kier alpha value is -2.97. The van der Waals surface area contributed by atoms with Crippen molar-refractivity contribution >= 4 is 17.6 Å². The zero-order chi connectivity index (χ0) is 19.5. The molecular weight excluding hydrogens is 358 g/mol. The predicted octanol–water partition coefficient (Wildman–Crippen LogP) is 1.77. The van der Waals surface area contributed by atoms with E-state index in [1.54, 1.807) is 4.90 Å². The highest BCUT2D eigenvalue weighted by molar-refractivity contribution is 5.90. The highest BCUT2D eigenvalue weighted by Gasteiger charge is 2.36. The number of aryl methyl sites for hydroxylation is 1. The average Bonchev–Trinajstić information content (AvgIpc) is 3.39. The Morgan fingerprint density at radius 2 is 2.07 bits per heavy atom. The van der Waals surface area contributed by atoms with Crippen molar-refractivity contribution in [3.05, 3.63) is 35.7 Å². The molecule has 2 aliphatic rings. The van der Waals surface area contributed by atoms with E-state index in [1.165, 1.54) is 0 Å². The highest BCUT2D eigenvalue weighted by Crippen LogP contribution is 2.27. The van der Waals surface area contributed by atoms with Crippen molar-refractivity contribution in [2.75, 3.05) is 31.5 Å². The van der Waals surface area contributed by atoms with Crippen LogP contribution < -0.4 is 5.32 Å². The van der Waals surface area contributed by atoms with Gasteiger partial charge in [-0.3, -0.25) is 4.79 Å². The van der Waals surface area contributed by atoms with Gasteiger partial charge in [0.05, 0.1) is 5.92 Å². The van der Waals surface area contributed by atoms with Crippen molar-refractivity contribution in [3.63, 3.8) is 0 Å². The van der Waals surface area contributed by atoms with Crippen LogP contribution in [0.1, 0.15) is 36.6 Å². The number of tetrazole rings is 1. The standard InChI is InChI=1S/C19H25N7O2/c1-13-4-2-6-16(10-13)20-19(28)26-8-3-5-15(12-26)18(27)25-9-7-14(11-25)17-21-23-24-22-17/h2,4,6,10,14-15H,3,5,7-9,11-12H2,1H3,(H,20,28)(H,21,22,23,24). The zero-order valence-corrected chi connectivity index (χ0v) is 16.0. The molecule has 0 radical (unpaired) electrons. The highest BCUT2D eigenvalue weighted by atomic mass is 16.2. The van der Waals surface area contributed by atoms with E-state index in [1.807, 2.05) is 36.1 Å². The van der Waals surface area contributed by atoms with Gasteiger partial charge >= 0.3 is 6.03 Å². The number of carbonyl (C=O) groups is 2. The quantitative estimate of drug-likeness (QED) is 0.840. The van der Waals surface area contributed by atoms with Crippen molar-refractivity contribution in [3.8, 4) is 0 Å². The number of piperidine rings is 1. The van der Waals surface area contributed by atoms with Gasteiger partial charge in [0, 0.05) is 37.8 Å². The first-order valence-electron chi connectivity index (χ1n) is 9.75. The Labute approximate surface area is 163 Å². The van der Waals surface area contributed by atoms with Gasteiger partial charge in [0.25, 0.3) is 0 Å². The average molecular weight is 383 g/mol. The summed E-state index contributed by atoms with van der Waals surface area (Å²) in [6.07, 6.45) is 2.49. The summed E-state index contributed by atoms with van der Waals surface area (Å²) in [7, 11) is 0. The maximum atomic E-state index is 13.0. The molecule has 0 aliphatic carbocycles. The van der Waals surface area contributed by atoms with E-state index in [4.69, 9.17) is 0 Å². The molecule has 2 aliphatic heterocycles. The van der Waals surface area contributed by atoms with E-state index in [9.17, 15) is 9.59 Å². The smallest absolute Gasteiger partial charge is 0.321 e. The van der Waals surface area contributed by atoms with Gasteiger partial charge in [0.15, 0.2) is 5.82 Å². The van der Waals surface area contributed by atoms with Crippen LogP contribution >= 0.6 is 0 Å². The molecule has 2 fully saturated rings. The Morgan fingerprint density at radius 3 is 2.86 bits per heavy atom. The number of nitrogens with one attached hydrogen (secondary N) is 2. The van der Waals surface area contributed by atoms with Crippen LogP contribution in [0.5, 0.6) is 0 Å². The number of hydrogen-bond acceptors (Lipinski definition) is 5. The Balaban J connectivity index is 1.34. The Morgan fingerprint density at radius 1 is 1.18 bits per heavy atom. The number of amides is 3.